The fourth-order valence-corrected chi connectivity index (χ4v) is 4.51. The summed E-state index contributed by atoms with van der Waals surface area (Å²) in [7, 11) is 0. The zero-order chi connectivity index (χ0) is 23.6. The van der Waals surface area contributed by atoms with Crippen LogP contribution in [-0.2, 0) is 23.8 Å². The van der Waals surface area contributed by atoms with Crippen LogP contribution < -0.4 is 16.4 Å². The van der Waals surface area contributed by atoms with E-state index in [0.29, 0.717) is 30.2 Å². The number of benzene rings is 2. The first-order chi connectivity index (χ1) is 15.7. The van der Waals surface area contributed by atoms with Gasteiger partial charge in [-0.05, 0) is 60.2 Å². The van der Waals surface area contributed by atoms with Crippen molar-refractivity contribution < 1.29 is 18.0 Å². The molecule has 0 saturated carbocycles. The fourth-order valence-electron chi connectivity index (χ4n) is 3.59. The van der Waals surface area contributed by atoms with Gasteiger partial charge in [-0.1, -0.05) is 35.5 Å². The first-order valence-corrected chi connectivity index (χ1v) is 11.1. The minimum Gasteiger partial charge on any atom is -0.360 e. The highest BCUT2D eigenvalue weighted by atomic mass is 32.1. The van der Waals surface area contributed by atoms with Crippen molar-refractivity contribution in [2.45, 2.75) is 32.0 Å². The predicted molar refractivity (Wildman–Crippen MR) is 124 cm³/mol. The quantitative estimate of drug-likeness (QED) is 0.457. The molecule has 0 spiro atoms. The topological polar surface area (TPSA) is 80.0 Å². The third-order valence-electron chi connectivity index (χ3n) is 5.16. The molecule has 0 unspecified atom stereocenters. The number of alkyl halides is 3. The predicted octanol–water partition coefficient (Wildman–Crippen LogP) is 4.68. The number of nitrogens with one attached hydrogen (secondary N) is 2. The molecule has 9 heteroatoms. The van der Waals surface area contributed by atoms with Crippen molar-refractivity contribution in [1.82, 2.24) is 4.98 Å². The van der Waals surface area contributed by atoms with Crippen LogP contribution in [0.25, 0.3) is 10.4 Å². The molecule has 1 aromatic heterocycles. The van der Waals surface area contributed by atoms with Gasteiger partial charge < -0.3 is 16.4 Å². The van der Waals surface area contributed by atoms with Crippen LogP contribution in [0.5, 0.6) is 0 Å². The molecule has 2 aromatic carbocycles. The summed E-state index contributed by atoms with van der Waals surface area (Å²) in [5, 5.41) is 6.69. The van der Waals surface area contributed by atoms with Gasteiger partial charge in [0.25, 0.3) is 0 Å². The van der Waals surface area contributed by atoms with E-state index in [1.807, 2.05) is 18.2 Å². The Morgan fingerprint density at radius 2 is 2.00 bits per heavy atom. The summed E-state index contributed by atoms with van der Waals surface area (Å²) < 4.78 is 38.2. The number of thiazole rings is 1. The largest absolute Gasteiger partial charge is 0.416 e. The van der Waals surface area contributed by atoms with Crippen molar-refractivity contribution in [1.29, 1.82) is 0 Å². The van der Waals surface area contributed by atoms with E-state index in [1.165, 1.54) is 23.5 Å². The molecular weight excluding hydrogens is 449 g/mol. The summed E-state index contributed by atoms with van der Waals surface area (Å²) in [4.78, 5) is 17.1. The van der Waals surface area contributed by atoms with E-state index >= 15 is 0 Å². The van der Waals surface area contributed by atoms with Crippen LogP contribution in [0.15, 0.2) is 42.5 Å². The molecule has 0 saturated heterocycles. The lowest BCUT2D eigenvalue weighted by Crippen LogP contribution is -2.31. The summed E-state index contributed by atoms with van der Waals surface area (Å²) in [6, 6.07) is 10.5. The molecule has 0 fully saturated rings. The van der Waals surface area contributed by atoms with Gasteiger partial charge in [-0.2, -0.15) is 13.2 Å². The molecule has 0 aliphatic carbocycles. The van der Waals surface area contributed by atoms with Crippen molar-refractivity contribution in [3.63, 3.8) is 0 Å². The summed E-state index contributed by atoms with van der Waals surface area (Å²) in [6.45, 7) is 2.14. The molecule has 170 valence electrons. The second-order valence-corrected chi connectivity index (χ2v) is 8.71. The van der Waals surface area contributed by atoms with Crippen LogP contribution in [0.1, 0.15) is 29.3 Å². The number of aromatic nitrogens is 1. The Balaban J connectivity index is 1.44. The molecule has 2 heterocycles. The van der Waals surface area contributed by atoms with Crippen LogP contribution in [0.4, 0.5) is 24.0 Å². The maximum atomic E-state index is 12.7. The molecule has 1 aliphatic rings. The number of rotatable bonds is 6. The number of hydrogen-bond acceptors (Lipinski definition) is 5. The molecule has 33 heavy (non-hydrogen) atoms. The average molecular weight is 471 g/mol. The summed E-state index contributed by atoms with van der Waals surface area (Å²) in [6.07, 6.45) is -3.58. The first-order valence-electron chi connectivity index (χ1n) is 10.2. The summed E-state index contributed by atoms with van der Waals surface area (Å²) >= 11 is 1.44. The van der Waals surface area contributed by atoms with Crippen LogP contribution >= 0.6 is 11.3 Å². The fraction of sp³-hybridized carbons (Fsp3) is 0.250. The maximum Gasteiger partial charge on any atom is 0.416 e. The van der Waals surface area contributed by atoms with E-state index in [-0.39, 0.29) is 11.9 Å². The number of halogens is 3. The third-order valence-corrected chi connectivity index (χ3v) is 6.22. The average Bonchev–Trinajstić information content (AvgIpc) is 3.34. The highest BCUT2D eigenvalue weighted by Crippen LogP contribution is 2.36. The Kier molecular flexibility index (Phi) is 6.40. The van der Waals surface area contributed by atoms with Crippen molar-refractivity contribution in [2.24, 2.45) is 5.73 Å². The SMILES string of the molecule is CC#Cc1nc(NC[C@@H](N)Cc2ccc(C(F)(F)F)cc2)sc1-c1ccc2c(c1)CC(=O)N2. The lowest BCUT2D eigenvalue weighted by Gasteiger charge is -2.13. The molecule has 3 aromatic rings. The second-order valence-electron chi connectivity index (χ2n) is 7.71. The van der Waals surface area contributed by atoms with Crippen LogP contribution in [0.3, 0.4) is 0 Å². The number of carbonyl (C=O) groups excluding carboxylic acids is 1. The van der Waals surface area contributed by atoms with Gasteiger partial charge >= 0.3 is 6.18 Å². The number of nitrogens with two attached hydrogens (primary N) is 1. The molecule has 4 rings (SSSR count). The van der Waals surface area contributed by atoms with Crippen molar-refractivity contribution in [3.05, 3.63) is 64.8 Å². The van der Waals surface area contributed by atoms with Gasteiger partial charge in [-0.25, -0.2) is 4.98 Å². The van der Waals surface area contributed by atoms with Gasteiger partial charge in [0, 0.05) is 18.3 Å². The van der Waals surface area contributed by atoms with Crippen LogP contribution in [0.2, 0.25) is 0 Å². The number of hydrogen-bond donors (Lipinski definition) is 3. The molecule has 5 nitrogen and oxygen atoms in total. The lowest BCUT2D eigenvalue weighted by atomic mass is 10.0. The van der Waals surface area contributed by atoms with Gasteiger partial charge in [-0.15, -0.1) is 0 Å². The second kappa shape index (κ2) is 9.25. The Morgan fingerprint density at radius 1 is 1.24 bits per heavy atom. The molecule has 4 N–H and O–H groups in total. The van der Waals surface area contributed by atoms with E-state index in [2.05, 4.69) is 27.5 Å². The highest BCUT2D eigenvalue weighted by molar-refractivity contribution is 7.19. The minimum atomic E-state index is -4.35. The lowest BCUT2D eigenvalue weighted by molar-refractivity contribution is -0.137. The van der Waals surface area contributed by atoms with Gasteiger partial charge in [0.1, 0.15) is 5.69 Å². The Bertz CT molecular complexity index is 1240. The monoisotopic (exact) mass is 470 g/mol. The van der Waals surface area contributed by atoms with E-state index in [0.717, 1.165) is 39.4 Å². The number of carbonyl (C=O) groups is 1. The van der Waals surface area contributed by atoms with Crippen molar-refractivity contribution >= 4 is 28.1 Å². The zero-order valence-electron chi connectivity index (χ0n) is 17.7. The highest BCUT2D eigenvalue weighted by Gasteiger charge is 2.30. The molecule has 0 radical (unpaired) electrons. The molecular formula is C24H21F3N4OS. The van der Waals surface area contributed by atoms with Crippen LogP contribution in [-0.4, -0.2) is 23.5 Å². The number of nitrogens with zero attached hydrogens (tertiary/aromatic N) is 1. The van der Waals surface area contributed by atoms with E-state index in [9.17, 15) is 18.0 Å². The van der Waals surface area contributed by atoms with Gasteiger partial charge in [0.2, 0.25) is 5.91 Å². The van der Waals surface area contributed by atoms with E-state index in [1.54, 1.807) is 6.92 Å². The maximum absolute atomic E-state index is 12.7. The standard InChI is InChI=1S/C24H21F3N4OS/c1-2-3-20-22(15-6-9-19-16(11-15)12-21(32)30-19)33-23(31-20)29-13-18(28)10-14-4-7-17(8-5-14)24(25,26)27/h4-9,11,18H,10,12-13,28H2,1H3,(H,29,31)(H,30,32)/t18-/m0/s1. The number of amides is 1. The molecule has 0 bridgehead atoms. The third kappa shape index (κ3) is 5.35. The van der Waals surface area contributed by atoms with E-state index in [4.69, 9.17) is 5.73 Å². The molecule has 1 aliphatic heterocycles. The number of fused-ring (bicyclic) bond motifs is 1. The van der Waals surface area contributed by atoms with Gasteiger partial charge in [0.05, 0.1) is 16.9 Å². The Morgan fingerprint density at radius 3 is 2.70 bits per heavy atom. The van der Waals surface area contributed by atoms with Gasteiger partial charge in [0.15, 0.2) is 5.13 Å². The van der Waals surface area contributed by atoms with Gasteiger partial charge in [-0.3, -0.25) is 4.79 Å². The summed E-state index contributed by atoms with van der Waals surface area (Å²) in [5.74, 6) is 5.87. The Labute approximate surface area is 193 Å². The molecule has 1 atom stereocenters. The number of anilines is 2. The molecule has 1 amide bonds. The zero-order valence-corrected chi connectivity index (χ0v) is 18.5. The van der Waals surface area contributed by atoms with Crippen LogP contribution in [0, 0.1) is 11.8 Å². The normalized spacial score (nSPS) is 13.7. The van der Waals surface area contributed by atoms with E-state index < -0.39 is 11.7 Å². The van der Waals surface area contributed by atoms with Crippen molar-refractivity contribution in [3.8, 4) is 22.3 Å². The minimum absolute atomic E-state index is 0.0237. The van der Waals surface area contributed by atoms with Crippen molar-refractivity contribution in [2.75, 3.05) is 17.2 Å². The smallest absolute Gasteiger partial charge is 0.360 e. The Hall–Kier alpha value is -3.35. The summed E-state index contributed by atoms with van der Waals surface area (Å²) in [5.41, 5.74) is 9.58. The first kappa shape index (κ1) is 22.8.